The van der Waals surface area contributed by atoms with Gasteiger partial charge in [0.1, 0.15) is 0 Å². The Morgan fingerprint density at radius 2 is 2.54 bits per heavy atom. The van der Waals surface area contributed by atoms with Gasteiger partial charge in [-0.15, -0.1) is 0 Å². The second-order valence-corrected chi connectivity index (χ2v) is 3.12. The molecule has 0 saturated heterocycles. The molecule has 5 nitrogen and oxygen atoms in total. The van der Waals surface area contributed by atoms with Crippen molar-refractivity contribution in [2.24, 2.45) is 7.05 Å². The maximum Gasteiger partial charge on any atom is 0.213 e. The summed E-state index contributed by atoms with van der Waals surface area (Å²) in [5.41, 5.74) is 3.66. The minimum absolute atomic E-state index is 0.566. The predicted octanol–water partition coefficient (Wildman–Crippen LogP) is -1.42. The number of nitrogens with one attached hydrogen (secondary N) is 2. The van der Waals surface area contributed by atoms with Crippen LogP contribution in [0.1, 0.15) is 5.69 Å². The summed E-state index contributed by atoms with van der Waals surface area (Å²) in [6.07, 6.45) is 4.64. The minimum atomic E-state index is 0.566. The van der Waals surface area contributed by atoms with Crippen molar-refractivity contribution in [3.05, 3.63) is 18.2 Å². The summed E-state index contributed by atoms with van der Waals surface area (Å²) >= 11 is 4.87. The predicted molar refractivity (Wildman–Crippen MR) is 53.5 cm³/mol. The van der Waals surface area contributed by atoms with Gasteiger partial charge in [0.05, 0.1) is 12.0 Å². The number of rotatable bonds is 3. The van der Waals surface area contributed by atoms with Gasteiger partial charge in [0, 0.05) is 26.2 Å². The maximum atomic E-state index is 4.87. The highest BCUT2D eigenvalue weighted by Gasteiger charge is 1.97. The molecule has 6 heteroatoms. The lowest BCUT2D eigenvalue weighted by Crippen LogP contribution is -2.69. The van der Waals surface area contributed by atoms with Crippen molar-refractivity contribution in [2.75, 3.05) is 6.54 Å². The summed E-state index contributed by atoms with van der Waals surface area (Å²) in [5.74, 6) is 3.44. The van der Waals surface area contributed by atoms with Gasteiger partial charge in [-0.3, -0.25) is 5.84 Å². The Bertz CT molecular complexity index is 282. The van der Waals surface area contributed by atoms with E-state index in [0.717, 1.165) is 18.7 Å². The largest absolute Gasteiger partial charge is 0.359 e. The molecule has 0 aliphatic heterocycles. The van der Waals surface area contributed by atoms with Gasteiger partial charge in [0.25, 0.3) is 0 Å². The van der Waals surface area contributed by atoms with Gasteiger partial charge in [-0.05, 0) is 12.2 Å². The highest BCUT2D eigenvalue weighted by atomic mass is 32.1. The van der Waals surface area contributed by atoms with E-state index in [1.807, 2.05) is 17.8 Å². The van der Waals surface area contributed by atoms with Crippen molar-refractivity contribution >= 4 is 17.3 Å². The summed E-state index contributed by atoms with van der Waals surface area (Å²) < 4.78 is 1.92. The van der Waals surface area contributed by atoms with Crippen molar-refractivity contribution < 1.29 is 5.84 Å². The maximum absolute atomic E-state index is 4.87. The van der Waals surface area contributed by atoms with Gasteiger partial charge in [0.2, 0.25) is 5.11 Å². The number of nitrogens with zero attached hydrogens (tertiary/aromatic N) is 2. The first-order valence-corrected chi connectivity index (χ1v) is 4.41. The molecule has 0 amide bonds. The van der Waals surface area contributed by atoms with Crippen molar-refractivity contribution in [2.45, 2.75) is 6.42 Å². The van der Waals surface area contributed by atoms with Crippen LogP contribution >= 0.6 is 12.2 Å². The van der Waals surface area contributed by atoms with Crippen LogP contribution in [-0.4, -0.2) is 21.2 Å². The number of aromatic nitrogens is 2. The lowest BCUT2D eigenvalue weighted by atomic mass is 10.3. The first-order valence-electron chi connectivity index (χ1n) is 4.00. The molecule has 0 unspecified atom stereocenters. The molecule has 72 valence electrons. The van der Waals surface area contributed by atoms with E-state index in [2.05, 4.69) is 21.6 Å². The summed E-state index contributed by atoms with van der Waals surface area (Å²) in [6, 6.07) is 0. The van der Waals surface area contributed by atoms with Crippen molar-refractivity contribution in [1.82, 2.24) is 20.3 Å². The molecule has 13 heavy (non-hydrogen) atoms. The van der Waals surface area contributed by atoms with Gasteiger partial charge in [-0.2, -0.15) is 0 Å². The van der Waals surface area contributed by atoms with Crippen LogP contribution in [0.15, 0.2) is 12.5 Å². The molecule has 5 N–H and O–H groups in total. The van der Waals surface area contributed by atoms with Crippen molar-refractivity contribution in [3.8, 4) is 0 Å². The van der Waals surface area contributed by atoms with E-state index in [1.165, 1.54) is 0 Å². The fraction of sp³-hybridized carbons (Fsp3) is 0.429. The van der Waals surface area contributed by atoms with E-state index in [0.29, 0.717) is 5.11 Å². The van der Waals surface area contributed by atoms with Crippen LogP contribution in [0.3, 0.4) is 0 Å². The number of hydrogen-bond donors (Lipinski definition) is 3. The minimum Gasteiger partial charge on any atom is -0.359 e. The lowest BCUT2D eigenvalue weighted by Gasteiger charge is -2.02. The zero-order valence-electron chi connectivity index (χ0n) is 7.58. The standard InChI is InChI=1S/C7H13N5S/c1-12-4-6(10-5-12)2-3-9-7(13)11-8/h4-5H,2-3,8H2,1H3,(H2,9,11,13)/p+1. The second kappa shape index (κ2) is 4.78. The fourth-order valence-corrected chi connectivity index (χ4v) is 1.06. The molecule has 0 bridgehead atoms. The van der Waals surface area contributed by atoms with Crippen LogP contribution in [-0.2, 0) is 13.5 Å². The number of quaternary nitrogens is 1. The quantitative estimate of drug-likeness (QED) is 0.414. The summed E-state index contributed by atoms with van der Waals surface area (Å²) in [5, 5.41) is 3.56. The van der Waals surface area contributed by atoms with E-state index in [9.17, 15) is 0 Å². The Labute approximate surface area is 82.3 Å². The molecule has 1 aromatic rings. The van der Waals surface area contributed by atoms with Gasteiger partial charge in [0.15, 0.2) is 0 Å². The Kier molecular flexibility index (Phi) is 3.66. The van der Waals surface area contributed by atoms with E-state index < -0.39 is 0 Å². The number of imidazole rings is 1. The number of thiocarbonyl (C=S) groups is 1. The monoisotopic (exact) mass is 200 g/mol. The Morgan fingerprint density at radius 1 is 1.77 bits per heavy atom. The van der Waals surface area contributed by atoms with Crippen LogP contribution in [0.2, 0.25) is 0 Å². The van der Waals surface area contributed by atoms with Crippen molar-refractivity contribution in [3.63, 3.8) is 0 Å². The van der Waals surface area contributed by atoms with E-state index in [-0.39, 0.29) is 0 Å². The zero-order chi connectivity index (χ0) is 9.68. The second-order valence-electron chi connectivity index (χ2n) is 2.71. The highest BCUT2D eigenvalue weighted by molar-refractivity contribution is 7.80. The van der Waals surface area contributed by atoms with Crippen LogP contribution in [0.5, 0.6) is 0 Å². The third kappa shape index (κ3) is 3.39. The molecule has 0 radical (unpaired) electrons. The highest BCUT2D eigenvalue weighted by Crippen LogP contribution is 1.93. The fourth-order valence-electron chi connectivity index (χ4n) is 0.963. The van der Waals surface area contributed by atoms with Crippen LogP contribution in [0.25, 0.3) is 0 Å². The van der Waals surface area contributed by atoms with Crippen molar-refractivity contribution in [1.29, 1.82) is 0 Å². The summed E-state index contributed by atoms with van der Waals surface area (Å²) in [7, 11) is 1.95. The van der Waals surface area contributed by atoms with Crippen LogP contribution < -0.4 is 16.6 Å². The Morgan fingerprint density at radius 3 is 3.08 bits per heavy atom. The van der Waals surface area contributed by atoms with E-state index >= 15 is 0 Å². The van der Waals surface area contributed by atoms with E-state index in [4.69, 9.17) is 12.2 Å². The molecule has 1 aromatic heterocycles. The first kappa shape index (κ1) is 9.94. The molecule has 0 spiro atoms. The molecule has 1 rings (SSSR count). The van der Waals surface area contributed by atoms with Gasteiger partial charge < -0.3 is 9.88 Å². The molecule has 0 fully saturated rings. The first-order chi connectivity index (χ1) is 6.22. The molecular formula is C7H14N5S+. The topological polar surface area (TPSA) is 69.5 Å². The number of aryl methyl sites for hydroxylation is 1. The average Bonchev–Trinajstić information content (AvgIpc) is 2.51. The van der Waals surface area contributed by atoms with Crippen LogP contribution in [0, 0.1) is 0 Å². The zero-order valence-corrected chi connectivity index (χ0v) is 8.40. The molecule has 0 saturated carbocycles. The molecular weight excluding hydrogens is 186 g/mol. The molecule has 0 aliphatic rings. The SMILES string of the molecule is Cn1cnc(CCNC(=S)N[NH3+])c1. The van der Waals surface area contributed by atoms with Gasteiger partial charge in [-0.1, -0.05) is 0 Å². The third-order valence-electron chi connectivity index (χ3n) is 1.59. The summed E-state index contributed by atoms with van der Waals surface area (Å²) in [4.78, 5) is 4.18. The third-order valence-corrected chi connectivity index (χ3v) is 1.87. The normalized spacial score (nSPS) is 9.69. The smallest absolute Gasteiger partial charge is 0.213 e. The average molecular weight is 200 g/mol. The van der Waals surface area contributed by atoms with Crippen LogP contribution in [0.4, 0.5) is 0 Å². The lowest BCUT2D eigenvalue weighted by molar-refractivity contribution is -0.419. The Hall–Kier alpha value is -1.14. The summed E-state index contributed by atoms with van der Waals surface area (Å²) in [6.45, 7) is 0.776. The van der Waals surface area contributed by atoms with E-state index in [1.54, 1.807) is 6.33 Å². The molecule has 0 aliphatic carbocycles. The Balaban J connectivity index is 2.24. The molecule has 0 atom stereocenters. The van der Waals surface area contributed by atoms with Gasteiger partial charge >= 0.3 is 0 Å². The van der Waals surface area contributed by atoms with Gasteiger partial charge in [-0.25, -0.2) is 10.4 Å². The number of hydrogen-bond acceptors (Lipinski definition) is 2. The molecule has 0 aromatic carbocycles. The molecule has 1 heterocycles.